The van der Waals surface area contributed by atoms with Crippen molar-refractivity contribution in [1.82, 2.24) is 24.9 Å². The molecule has 1 saturated heterocycles. The number of amidine groups is 1. The van der Waals surface area contributed by atoms with Gasteiger partial charge in [0, 0.05) is 86.9 Å². The number of halogens is 2. The van der Waals surface area contributed by atoms with E-state index < -0.39 is 6.43 Å². The molecule has 0 aliphatic carbocycles. The van der Waals surface area contributed by atoms with Crippen molar-refractivity contribution >= 4 is 23.8 Å². The number of piperidine rings is 1. The molecule has 3 aliphatic rings. The first-order valence-corrected chi connectivity index (χ1v) is 13.5. The minimum absolute atomic E-state index is 0.0769. The molecule has 4 heterocycles. The molecule has 0 unspecified atom stereocenters. The van der Waals surface area contributed by atoms with E-state index in [0.717, 1.165) is 43.4 Å². The van der Waals surface area contributed by atoms with Crippen molar-refractivity contribution in [2.45, 2.75) is 51.5 Å². The van der Waals surface area contributed by atoms with Gasteiger partial charge in [-0.3, -0.25) is 19.7 Å². The van der Waals surface area contributed by atoms with Gasteiger partial charge in [0.2, 0.25) is 12.3 Å². The van der Waals surface area contributed by atoms with E-state index in [9.17, 15) is 23.8 Å². The van der Waals surface area contributed by atoms with Crippen LogP contribution in [-0.2, 0) is 23.1 Å². The molecule has 39 heavy (non-hydrogen) atoms. The number of likely N-dealkylation sites (tertiary alicyclic amines) is 1. The van der Waals surface area contributed by atoms with Crippen molar-refractivity contribution in [3.05, 3.63) is 46.9 Å². The number of aromatic nitrogens is 2. The number of benzene rings is 1. The number of carbonyl (C=O) groups is 2. The van der Waals surface area contributed by atoms with Gasteiger partial charge in [-0.1, -0.05) is 0 Å². The van der Waals surface area contributed by atoms with Gasteiger partial charge >= 0.3 is 0 Å². The number of nitrogens with one attached hydrogen (secondary N) is 2. The second kappa shape index (κ2) is 11.2. The van der Waals surface area contributed by atoms with Crippen molar-refractivity contribution in [3.63, 3.8) is 0 Å². The molecule has 208 valence electrons. The summed E-state index contributed by atoms with van der Waals surface area (Å²) in [7, 11) is 1.76. The Kier molecular flexibility index (Phi) is 7.67. The van der Waals surface area contributed by atoms with Crippen molar-refractivity contribution in [2.24, 2.45) is 7.05 Å². The summed E-state index contributed by atoms with van der Waals surface area (Å²) >= 11 is 0. The average molecular weight is 540 g/mol. The van der Waals surface area contributed by atoms with Gasteiger partial charge in [-0.15, -0.1) is 0 Å². The fraction of sp³-hybridized carbons (Fsp3) is 0.500. The van der Waals surface area contributed by atoms with Gasteiger partial charge in [0.05, 0.1) is 12.7 Å². The molecule has 0 radical (unpaired) electrons. The SMILES string of the molecule is CC(=O)N1CCC(NC2=C(C(=N)N3CCCc4cc(-c5cnn(C)c5)c(C(F)F)cc43)CN(C=O)CC2)CC1. The van der Waals surface area contributed by atoms with E-state index in [4.69, 9.17) is 0 Å². The predicted octanol–water partition coefficient (Wildman–Crippen LogP) is 3.47. The van der Waals surface area contributed by atoms with Crippen LogP contribution in [0, 0.1) is 5.41 Å². The average Bonchev–Trinajstić information content (AvgIpc) is 3.38. The van der Waals surface area contributed by atoms with Crippen LogP contribution < -0.4 is 10.2 Å². The number of aryl methyl sites for hydroxylation is 2. The van der Waals surface area contributed by atoms with Crippen LogP contribution in [-0.4, -0.2) is 76.5 Å². The third kappa shape index (κ3) is 5.53. The largest absolute Gasteiger partial charge is 0.385 e. The normalized spacial score (nSPS) is 18.4. The molecular formula is C28H35F2N7O2. The minimum atomic E-state index is -2.68. The molecule has 0 saturated carbocycles. The molecular weight excluding hydrogens is 504 g/mol. The number of fused-ring (bicyclic) bond motifs is 1. The lowest BCUT2D eigenvalue weighted by atomic mass is 9.92. The molecule has 9 nitrogen and oxygen atoms in total. The molecule has 0 spiro atoms. The third-order valence-corrected chi connectivity index (χ3v) is 8.02. The molecule has 5 rings (SSSR count). The van der Waals surface area contributed by atoms with Crippen LogP contribution in [0.15, 0.2) is 35.8 Å². The maximum Gasteiger partial charge on any atom is 0.264 e. The number of nitrogens with zero attached hydrogens (tertiary/aromatic N) is 5. The van der Waals surface area contributed by atoms with Crippen molar-refractivity contribution in [1.29, 1.82) is 5.41 Å². The maximum absolute atomic E-state index is 14.3. The van der Waals surface area contributed by atoms with E-state index >= 15 is 0 Å². The fourth-order valence-electron chi connectivity index (χ4n) is 5.87. The molecule has 11 heteroatoms. The van der Waals surface area contributed by atoms with E-state index in [1.807, 2.05) is 15.9 Å². The zero-order valence-electron chi connectivity index (χ0n) is 22.4. The zero-order chi connectivity index (χ0) is 27.7. The van der Waals surface area contributed by atoms with Gasteiger partial charge in [-0.05, 0) is 48.9 Å². The van der Waals surface area contributed by atoms with E-state index in [1.54, 1.807) is 35.9 Å². The van der Waals surface area contributed by atoms with Crippen molar-refractivity contribution in [2.75, 3.05) is 37.6 Å². The van der Waals surface area contributed by atoms with E-state index in [2.05, 4.69) is 10.4 Å². The lowest BCUT2D eigenvalue weighted by Crippen LogP contribution is -2.47. The summed E-state index contributed by atoms with van der Waals surface area (Å²) in [5, 5.41) is 17.0. The summed E-state index contributed by atoms with van der Waals surface area (Å²) in [5.41, 5.74) is 4.21. The molecule has 3 aliphatic heterocycles. The Balaban J connectivity index is 1.46. The topological polar surface area (TPSA) is 97.6 Å². The lowest BCUT2D eigenvalue weighted by molar-refractivity contribution is -0.129. The summed E-state index contributed by atoms with van der Waals surface area (Å²) in [4.78, 5) is 28.7. The molecule has 2 N–H and O–H groups in total. The van der Waals surface area contributed by atoms with Gasteiger partial charge in [0.1, 0.15) is 5.84 Å². The predicted molar refractivity (Wildman–Crippen MR) is 145 cm³/mol. The van der Waals surface area contributed by atoms with Gasteiger partial charge in [0.25, 0.3) is 6.43 Å². The highest BCUT2D eigenvalue weighted by Crippen LogP contribution is 2.39. The van der Waals surface area contributed by atoms with Crippen molar-refractivity contribution < 1.29 is 18.4 Å². The highest BCUT2D eigenvalue weighted by Gasteiger charge is 2.31. The number of anilines is 1. The molecule has 1 fully saturated rings. The summed E-state index contributed by atoms with van der Waals surface area (Å²) in [6, 6.07) is 3.52. The van der Waals surface area contributed by atoms with Gasteiger partial charge in [-0.2, -0.15) is 5.10 Å². The molecule has 1 aromatic heterocycles. The molecule has 1 aromatic carbocycles. The van der Waals surface area contributed by atoms with Crippen LogP contribution in [0.2, 0.25) is 0 Å². The number of rotatable bonds is 6. The van der Waals surface area contributed by atoms with Gasteiger partial charge < -0.3 is 20.0 Å². The highest BCUT2D eigenvalue weighted by atomic mass is 19.3. The van der Waals surface area contributed by atoms with Crippen LogP contribution in [0.4, 0.5) is 14.5 Å². The lowest BCUT2D eigenvalue weighted by Gasteiger charge is -2.38. The third-order valence-electron chi connectivity index (χ3n) is 8.02. The second-order valence-corrected chi connectivity index (χ2v) is 10.6. The molecule has 0 atom stereocenters. The summed E-state index contributed by atoms with van der Waals surface area (Å²) in [6.07, 6.45) is 5.17. The summed E-state index contributed by atoms with van der Waals surface area (Å²) < 4.78 is 30.2. The zero-order valence-corrected chi connectivity index (χ0v) is 22.4. The Morgan fingerprint density at radius 1 is 1.18 bits per heavy atom. The van der Waals surface area contributed by atoms with Crippen LogP contribution in [0.5, 0.6) is 0 Å². The van der Waals surface area contributed by atoms with Crippen LogP contribution in [0.3, 0.4) is 0 Å². The fourth-order valence-corrected chi connectivity index (χ4v) is 5.87. The Hall–Kier alpha value is -3.76. The number of alkyl halides is 2. The Morgan fingerprint density at radius 2 is 1.95 bits per heavy atom. The van der Waals surface area contributed by atoms with Gasteiger partial charge in [0.15, 0.2) is 0 Å². The second-order valence-electron chi connectivity index (χ2n) is 10.6. The maximum atomic E-state index is 14.3. The van der Waals surface area contributed by atoms with Crippen molar-refractivity contribution in [3.8, 4) is 11.1 Å². The first kappa shape index (κ1) is 26.8. The van der Waals surface area contributed by atoms with Crippen LogP contribution in [0.25, 0.3) is 11.1 Å². The molecule has 0 bridgehead atoms. The Bertz CT molecular complexity index is 1300. The molecule has 2 amide bonds. The number of amides is 2. The minimum Gasteiger partial charge on any atom is -0.385 e. The smallest absolute Gasteiger partial charge is 0.264 e. The quantitative estimate of drug-likeness (QED) is 0.333. The molecule has 2 aromatic rings. The monoisotopic (exact) mass is 539 g/mol. The number of carbonyl (C=O) groups excluding carboxylic acids is 2. The van der Waals surface area contributed by atoms with Gasteiger partial charge in [-0.25, -0.2) is 8.78 Å². The Labute approximate surface area is 226 Å². The van der Waals surface area contributed by atoms with Crippen LogP contribution in [0.1, 0.15) is 50.2 Å². The number of hydrogen-bond donors (Lipinski definition) is 2. The van der Waals surface area contributed by atoms with E-state index in [0.29, 0.717) is 55.0 Å². The van der Waals surface area contributed by atoms with E-state index in [1.165, 1.54) is 6.07 Å². The van der Waals surface area contributed by atoms with Crippen LogP contribution >= 0.6 is 0 Å². The number of hydrogen-bond acceptors (Lipinski definition) is 5. The Morgan fingerprint density at radius 3 is 2.59 bits per heavy atom. The highest BCUT2D eigenvalue weighted by molar-refractivity contribution is 6.09. The van der Waals surface area contributed by atoms with E-state index in [-0.39, 0.29) is 29.9 Å². The summed E-state index contributed by atoms with van der Waals surface area (Å²) in [6.45, 7) is 4.33. The standard InChI is InChI=1S/C28H35F2N7O2/c1-18(39)36-10-5-21(6-11-36)33-25-7-9-35(17-38)16-24(25)28(31)37-8-3-4-19-12-22(20-14-32-34(2)15-20)23(27(29)30)13-26(19)37/h12-15,17,21,27,31,33H,3-11,16H2,1-2H3. The first-order valence-electron chi connectivity index (χ1n) is 13.5. The first-order chi connectivity index (χ1) is 18.7. The summed E-state index contributed by atoms with van der Waals surface area (Å²) in [5.74, 6) is 0.313.